The minimum absolute atomic E-state index is 0.0239. The van der Waals surface area contributed by atoms with Crippen molar-refractivity contribution in [3.05, 3.63) is 35.9 Å². The van der Waals surface area contributed by atoms with Crippen LogP contribution in [0.15, 0.2) is 30.3 Å². The summed E-state index contributed by atoms with van der Waals surface area (Å²) in [4.78, 5) is 24.5. The van der Waals surface area contributed by atoms with Gasteiger partial charge in [0.2, 0.25) is 5.91 Å². The van der Waals surface area contributed by atoms with Gasteiger partial charge in [-0.15, -0.1) is 0 Å². The van der Waals surface area contributed by atoms with E-state index in [2.05, 4.69) is 5.32 Å². The minimum atomic E-state index is -0.369. The van der Waals surface area contributed by atoms with Gasteiger partial charge in [0, 0.05) is 12.0 Å². The maximum atomic E-state index is 12.5. The fourth-order valence-electron chi connectivity index (χ4n) is 2.96. The zero-order chi connectivity index (χ0) is 16.8. The molecule has 126 valence electrons. The number of hydrogen-bond donors (Lipinski definition) is 2. The summed E-state index contributed by atoms with van der Waals surface area (Å²) in [5.41, 5.74) is 6.79. The first-order valence-electron chi connectivity index (χ1n) is 8.26. The summed E-state index contributed by atoms with van der Waals surface area (Å²) in [5, 5.41) is 3.00. The van der Waals surface area contributed by atoms with E-state index in [-0.39, 0.29) is 42.4 Å². The second kappa shape index (κ2) is 8.11. The SMILES string of the molecule is CC(C)OC(=O)CC(NC(=O)C1CCC(N)C1)c1ccccc1. The van der Waals surface area contributed by atoms with Crippen LogP contribution in [-0.2, 0) is 14.3 Å². The number of carbonyl (C=O) groups is 2. The summed E-state index contributed by atoms with van der Waals surface area (Å²) in [6, 6.07) is 9.26. The zero-order valence-corrected chi connectivity index (χ0v) is 13.8. The highest BCUT2D eigenvalue weighted by molar-refractivity contribution is 5.80. The molecule has 1 aliphatic rings. The van der Waals surface area contributed by atoms with E-state index in [4.69, 9.17) is 10.5 Å². The Morgan fingerprint density at radius 2 is 1.96 bits per heavy atom. The molecule has 5 heteroatoms. The van der Waals surface area contributed by atoms with Gasteiger partial charge in [-0.1, -0.05) is 30.3 Å². The number of rotatable bonds is 6. The molecule has 0 aliphatic heterocycles. The summed E-state index contributed by atoms with van der Waals surface area (Å²) in [5.74, 6) is -0.390. The van der Waals surface area contributed by atoms with Gasteiger partial charge >= 0.3 is 5.97 Å². The van der Waals surface area contributed by atoms with Crippen LogP contribution in [0.25, 0.3) is 0 Å². The molecule has 2 rings (SSSR count). The lowest BCUT2D eigenvalue weighted by molar-refractivity contribution is -0.148. The first-order chi connectivity index (χ1) is 11.0. The average molecular weight is 318 g/mol. The van der Waals surface area contributed by atoms with Gasteiger partial charge in [0.1, 0.15) is 0 Å². The highest BCUT2D eigenvalue weighted by atomic mass is 16.5. The van der Waals surface area contributed by atoms with Crippen molar-refractivity contribution in [1.29, 1.82) is 0 Å². The quantitative estimate of drug-likeness (QED) is 0.789. The Morgan fingerprint density at radius 1 is 1.26 bits per heavy atom. The molecule has 3 unspecified atom stereocenters. The molecule has 1 aromatic rings. The molecule has 23 heavy (non-hydrogen) atoms. The van der Waals surface area contributed by atoms with Crippen molar-refractivity contribution in [3.63, 3.8) is 0 Å². The second-order valence-electron chi connectivity index (χ2n) is 6.48. The first kappa shape index (κ1) is 17.5. The van der Waals surface area contributed by atoms with Crippen molar-refractivity contribution >= 4 is 11.9 Å². The number of nitrogens with one attached hydrogen (secondary N) is 1. The summed E-state index contributed by atoms with van der Waals surface area (Å²) < 4.78 is 5.22. The Kier molecular flexibility index (Phi) is 6.16. The summed E-state index contributed by atoms with van der Waals surface area (Å²) in [6.45, 7) is 3.63. The lowest BCUT2D eigenvalue weighted by Crippen LogP contribution is -2.35. The van der Waals surface area contributed by atoms with Gasteiger partial charge in [-0.3, -0.25) is 9.59 Å². The van der Waals surface area contributed by atoms with Crippen molar-refractivity contribution in [2.75, 3.05) is 0 Å². The summed E-state index contributed by atoms with van der Waals surface area (Å²) >= 11 is 0. The molecule has 1 aromatic carbocycles. The van der Waals surface area contributed by atoms with Crippen molar-refractivity contribution in [2.45, 2.75) is 57.7 Å². The molecule has 0 spiro atoms. The van der Waals surface area contributed by atoms with Crippen molar-refractivity contribution in [3.8, 4) is 0 Å². The Morgan fingerprint density at radius 3 is 2.52 bits per heavy atom. The molecule has 5 nitrogen and oxygen atoms in total. The minimum Gasteiger partial charge on any atom is -0.463 e. The van der Waals surface area contributed by atoms with Crippen LogP contribution < -0.4 is 11.1 Å². The molecule has 1 amide bonds. The van der Waals surface area contributed by atoms with Gasteiger partial charge in [0.05, 0.1) is 18.6 Å². The Bertz CT molecular complexity index is 530. The third kappa shape index (κ3) is 5.36. The summed E-state index contributed by atoms with van der Waals surface area (Å²) in [7, 11) is 0. The molecule has 3 N–H and O–H groups in total. The molecular formula is C18H26N2O3. The largest absolute Gasteiger partial charge is 0.463 e. The van der Waals surface area contributed by atoms with Crippen LogP contribution in [0.1, 0.15) is 51.1 Å². The highest BCUT2D eigenvalue weighted by Crippen LogP contribution is 2.26. The normalized spacial score (nSPS) is 21.9. The smallest absolute Gasteiger partial charge is 0.308 e. The highest BCUT2D eigenvalue weighted by Gasteiger charge is 2.30. The van der Waals surface area contributed by atoms with E-state index in [1.165, 1.54) is 0 Å². The Hall–Kier alpha value is -1.88. The standard InChI is InChI=1S/C18H26N2O3/c1-12(2)23-17(21)11-16(13-6-4-3-5-7-13)20-18(22)14-8-9-15(19)10-14/h3-7,12,14-16H,8-11,19H2,1-2H3,(H,20,22). The Labute approximate surface area is 137 Å². The topological polar surface area (TPSA) is 81.4 Å². The van der Waals surface area contributed by atoms with E-state index in [1.807, 2.05) is 44.2 Å². The lowest BCUT2D eigenvalue weighted by atomic mass is 10.0. The van der Waals surface area contributed by atoms with Gasteiger partial charge in [-0.2, -0.15) is 0 Å². The third-order valence-electron chi connectivity index (χ3n) is 4.10. The van der Waals surface area contributed by atoms with Gasteiger partial charge in [-0.05, 0) is 38.7 Å². The van der Waals surface area contributed by atoms with Crippen molar-refractivity contribution in [2.24, 2.45) is 11.7 Å². The molecule has 1 fully saturated rings. The zero-order valence-electron chi connectivity index (χ0n) is 13.8. The first-order valence-corrected chi connectivity index (χ1v) is 8.26. The molecule has 0 heterocycles. The van der Waals surface area contributed by atoms with Crippen molar-refractivity contribution < 1.29 is 14.3 Å². The lowest BCUT2D eigenvalue weighted by Gasteiger charge is -2.21. The van der Waals surface area contributed by atoms with E-state index < -0.39 is 0 Å². The number of benzene rings is 1. The predicted molar refractivity (Wildman–Crippen MR) is 88.5 cm³/mol. The number of esters is 1. The number of amides is 1. The second-order valence-corrected chi connectivity index (χ2v) is 6.48. The molecule has 1 saturated carbocycles. The van der Waals surface area contributed by atoms with Crippen molar-refractivity contribution in [1.82, 2.24) is 5.32 Å². The van der Waals surface area contributed by atoms with Gasteiger partial charge in [0.15, 0.2) is 0 Å². The monoisotopic (exact) mass is 318 g/mol. The van der Waals surface area contributed by atoms with Crippen LogP contribution in [0, 0.1) is 5.92 Å². The van der Waals surface area contributed by atoms with Crippen LogP contribution in [0.2, 0.25) is 0 Å². The number of carbonyl (C=O) groups excluding carboxylic acids is 2. The fourth-order valence-corrected chi connectivity index (χ4v) is 2.96. The molecule has 3 atom stereocenters. The maximum Gasteiger partial charge on any atom is 0.308 e. The number of hydrogen-bond acceptors (Lipinski definition) is 4. The molecule has 0 aromatic heterocycles. The van der Waals surface area contributed by atoms with Gasteiger partial charge in [-0.25, -0.2) is 0 Å². The van der Waals surface area contributed by atoms with E-state index >= 15 is 0 Å². The predicted octanol–water partition coefficient (Wildman–Crippen LogP) is 2.31. The van der Waals surface area contributed by atoms with Crippen LogP contribution in [0.3, 0.4) is 0 Å². The van der Waals surface area contributed by atoms with Crippen LogP contribution in [-0.4, -0.2) is 24.0 Å². The number of ether oxygens (including phenoxy) is 1. The molecular weight excluding hydrogens is 292 g/mol. The Balaban J connectivity index is 2.04. The summed E-state index contributed by atoms with van der Waals surface area (Å²) in [6.07, 6.45) is 2.37. The molecule has 0 bridgehead atoms. The van der Waals surface area contributed by atoms with E-state index in [9.17, 15) is 9.59 Å². The maximum absolute atomic E-state index is 12.5. The van der Waals surface area contributed by atoms with Crippen LogP contribution >= 0.6 is 0 Å². The van der Waals surface area contributed by atoms with E-state index in [0.29, 0.717) is 6.42 Å². The van der Waals surface area contributed by atoms with Crippen LogP contribution in [0.4, 0.5) is 0 Å². The molecule has 0 saturated heterocycles. The number of nitrogens with two attached hydrogens (primary N) is 1. The molecule has 0 radical (unpaired) electrons. The third-order valence-corrected chi connectivity index (χ3v) is 4.10. The fraction of sp³-hybridized carbons (Fsp3) is 0.556. The van der Waals surface area contributed by atoms with Gasteiger partial charge in [0.25, 0.3) is 0 Å². The van der Waals surface area contributed by atoms with Crippen LogP contribution in [0.5, 0.6) is 0 Å². The van der Waals surface area contributed by atoms with E-state index in [0.717, 1.165) is 18.4 Å². The average Bonchev–Trinajstić information content (AvgIpc) is 2.93. The van der Waals surface area contributed by atoms with E-state index in [1.54, 1.807) is 0 Å². The van der Waals surface area contributed by atoms with Gasteiger partial charge < -0.3 is 15.8 Å². The molecule has 1 aliphatic carbocycles.